The van der Waals surface area contributed by atoms with Crippen molar-refractivity contribution in [2.24, 2.45) is 4.99 Å². The lowest BCUT2D eigenvalue weighted by atomic mass is 10.1. The highest BCUT2D eigenvalue weighted by atomic mass is 16.4. The molecule has 1 aliphatic heterocycles. The van der Waals surface area contributed by atoms with Crippen molar-refractivity contribution >= 4 is 18.0 Å². The van der Waals surface area contributed by atoms with E-state index in [2.05, 4.69) is 15.0 Å². The highest BCUT2D eigenvalue weighted by Gasteiger charge is 2.25. The summed E-state index contributed by atoms with van der Waals surface area (Å²) in [6.07, 6.45) is 4.19. The van der Waals surface area contributed by atoms with Crippen LogP contribution in [0.3, 0.4) is 0 Å². The van der Waals surface area contributed by atoms with E-state index in [1.54, 1.807) is 0 Å². The van der Waals surface area contributed by atoms with E-state index in [4.69, 9.17) is 5.11 Å². The topological polar surface area (TPSA) is 75.4 Å². The summed E-state index contributed by atoms with van der Waals surface area (Å²) in [5, 5.41) is 8.71. The first-order valence-electron chi connectivity index (χ1n) is 3.36. The lowest BCUT2D eigenvalue weighted by molar-refractivity contribution is -0.136. The molecular weight excluding hydrogens is 158 g/mol. The van der Waals surface area contributed by atoms with E-state index in [9.17, 15) is 4.79 Å². The van der Waals surface area contributed by atoms with Crippen molar-refractivity contribution in [2.45, 2.75) is 5.92 Å². The summed E-state index contributed by atoms with van der Waals surface area (Å²) in [4.78, 5) is 22.0. The summed E-state index contributed by atoms with van der Waals surface area (Å²) in [5.74, 6) is -1.15. The molecule has 0 saturated heterocycles. The maximum Gasteiger partial charge on any atom is 0.316 e. The normalized spacial score (nSPS) is 19.2. The summed E-state index contributed by atoms with van der Waals surface area (Å²) in [6, 6.07) is 0. The molecule has 0 radical (unpaired) electrons. The van der Waals surface area contributed by atoms with Crippen LogP contribution in [0, 0.1) is 0 Å². The number of aromatic nitrogens is 2. The van der Waals surface area contributed by atoms with Crippen molar-refractivity contribution < 1.29 is 9.90 Å². The second-order valence-electron chi connectivity index (χ2n) is 2.40. The molecule has 5 heteroatoms. The van der Waals surface area contributed by atoms with Crippen molar-refractivity contribution in [2.75, 3.05) is 0 Å². The van der Waals surface area contributed by atoms with Gasteiger partial charge in [-0.15, -0.1) is 0 Å². The zero-order valence-electron chi connectivity index (χ0n) is 6.01. The number of carbonyl (C=O) groups is 1. The second kappa shape index (κ2) is 2.37. The van der Waals surface area contributed by atoms with Crippen LogP contribution in [0.1, 0.15) is 11.5 Å². The van der Waals surface area contributed by atoms with E-state index >= 15 is 0 Å². The largest absolute Gasteiger partial charge is 0.481 e. The third-order valence-electron chi connectivity index (χ3n) is 1.67. The van der Waals surface area contributed by atoms with Gasteiger partial charge in [0.15, 0.2) is 5.82 Å². The van der Waals surface area contributed by atoms with Crippen LogP contribution in [0.15, 0.2) is 17.5 Å². The Bertz CT molecular complexity index is 361. The molecule has 12 heavy (non-hydrogen) atoms. The molecule has 0 aliphatic carbocycles. The predicted molar refractivity (Wildman–Crippen MR) is 40.6 cm³/mol. The van der Waals surface area contributed by atoms with Gasteiger partial charge in [-0.25, -0.2) is 15.0 Å². The fourth-order valence-corrected chi connectivity index (χ4v) is 1.08. The maximum absolute atomic E-state index is 10.6. The first-order chi connectivity index (χ1) is 5.79. The number of rotatable bonds is 1. The van der Waals surface area contributed by atoms with Gasteiger partial charge in [0.1, 0.15) is 12.2 Å². The molecule has 0 fully saturated rings. The van der Waals surface area contributed by atoms with E-state index in [-0.39, 0.29) is 0 Å². The molecule has 1 aromatic heterocycles. The second-order valence-corrected chi connectivity index (χ2v) is 2.40. The molecule has 1 atom stereocenters. The Morgan fingerprint density at radius 3 is 3.17 bits per heavy atom. The molecule has 60 valence electrons. The van der Waals surface area contributed by atoms with Crippen LogP contribution in [0.25, 0.3) is 0 Å². The Hall–Kier alpha value is -1.78. The molecule has 0 aromatic carbocycles. The number of nitrogens with zero attached hydrogens (tertiary/aromatic N) is 3. The smallest absolute Gasteiger partial charge is 0.316 e. The number of aliphatic imine (C=N–C) groups is 1. The van der Waals surface area contributed by atoms with Gasteiger partial charge in [-0.2, -0.15) is 0 Å². The number of carboxylic acid groups (broad SMARTS) is 1. The Balaban J connectivity index is 2.49. The molecule has 0 spiro atoms. The Morgan fingerprint density at radius 2 is 2.42 bits per heavy atom. The van der Waals surface area contributed by atoms with Gasteiger partial charge in [0.25, 0.3) is 0 Å². The standard InChI is InChI=1S/C7H5N3O2/c11-7(12)5-2-9-6-4(5)1-8-3-10-6/h1-3,5H,(H,11,12). The average Bonchev–Trinajstić information content (AvgIpc) is 2.47. The quantitative estimate of drug-likeness (QED) is 0.648. The fraction of sp³-hybridized carbons (Fsp3) is 0.143. The summed E-state index contributed by atoms with van der Waals surface area (Å²) in [6.45, 7) is 0. The molecule has 1 N–H and O–H groups in total. The minimum absolute atomic E-state index is 0.456. The molecule has 2 rings (SSSR count). The van der Waals surface area contributed by atoms with Gasteiger partial charge < -0.3 is 5.11 Å². The van der Waals surface area contributed by atoms with Crippen molar-refractivity contribution in [1.82, 2.24) is 9.97 Å². The Morgan fingerprint density at radius 1 is 1.58 bits per heavy atom. The third kappa shape index (κ3) is 0.868. The Labute approximate surface area is 67.8 Å². The molecular formula is C7H5N3O2. The number of hydrogen-bond donors (Lipinski definition) is 1. The monoisotopic (exact) mass is 163 g/mol. The van der Waals surface area contributed by atoms with Gasteiger partial charge in [0.2, 0.25) is 0 Å². The maximum atomic E-state index is 10.6. The lowest BCUT2D eigenvalue weighted by Crippen LogP contribution is -2.10. The van der Waals surface area contributed by atoms with Crippen molar-refractivity contribution in [3.05, 3.63) is 18.1 Å². The van der Waals surface area contributed by atoms with Crippen LogP contribution in [0.2, 0.25) is 0 Å². The first-order valence-corrected chi connectivity index (χ1v) is 3.36. The minimum Gasteiger partial charge on any atom is -0.481 e. The van der Waals surface area contributed by atoms with Crippen LogP contribution >= 0.6 is 0 Å². The van der Waals surface area contributed by atoms with Crippen molar-refractivity contribution in [3.63, 3.8) is 0 Å². The van der Waals surface area contributed by atoms with Gasteiger partial charge in [-0.3, -0.25) is 4.79 Å². The minimum atomic E-state index is -0.924. The van der Waals surface area contributed by atoms with Gasteiger partial charge in [-0.05, 0) is 0 Å². The van der Waals surface area contributed by atoms with Crippen LogP contribution in [-0.2, 0) is 4.79 Å². The van der Waals surface area contributed by atoms with E-state index in [0.29, 0.717) is 11.4 Å². The molecule has 2 heterocycles. The zero-order valence-corrected chi connectivity index (χ0v) is 6.01. The van der Waals surface area contributed by atoms with E-state index in [1.807, 2.05) is 0 Å². The molecule has 0 amide bonds. The average molecular weight is 163 g/mol. The summed E-state index contributed by atoms with van der Waals surface area (Å²) < 4.78 is 0. The van der Waals surface area contributed by atoms with E-state index in [0.717, 1.165) is 0 Å². The lowest BCUT2D eigenvalue weighted by Gasteiger charge is -1.99. The highest BCUT2D eigenvalue weighted by molar-refractivity contribution is 5.99. The van der Waals surface area contributed by atoms with Crippen molar-refractivity contribution in [1.29, 1.82) is 0 Å². The highest BCUT2D eigenvalue weighted by Crippen LogP contribution is 2.28. The third-order valence-corrected chi connectivity index (χ3v) is 1.67. The number of aliphatic carboxylic acids is 1. The van der Waals surface area contributed by atoms with Gasteiger partial charge in [-0.1, -0.05) is 0 Å². The van der Waals surface area contributed by atoms with Gasteiger partial charge in [0.05, 0.1) is 0 Å². The van der Waals surface area contributed by atoms with Crippen molar-refractivity contribution in [3.8, 4) is 0 Å². The Kier molecular flexibility index (Phi) is 1.36. The van der Waals surface area contributed by atoms with Gasteiger partial charge >= 0.3 is 5.97 Å². The van der Waals surface area contributed by atoms with E-state index < -0.39 is 11.9 Å². The van der Waals surface area contributed by atoms with Gasteiger partial charge in [0, 0.05) is 18.0 Å². The molecule has 0 saturated carbocycles. The SMILES string of the molecule is O=C(O)C1C=Nc2ncncc21. The summed E-state index contributed by atoms with van der Waals surface area (Å²) >= 11 is 0. The molecule has 1 aliphatic rings. The number of fused-ring (bicyclic) bond motifs is 1. The number of carboxylic acids is 1. The van der Waals surface area contributed by atoms with Crippen LogP contribution in [-0.4, -0.2) is 27.3 Å². The molecule has 0 bridgehead atoms. The molecule has 1 unspecified atom stereocenters. The summed E-state index contributed by atoms with van der Waals surface area (Å²) in [7, 11) is 0. The van der Waals surface area contributed by atoms with Crippen LogP contribution in [0.5, 0.6) is 0 Å². The first kappa shape index (κ1) is 6.90. The predicted octanol–water partition coefficient (Wildman–Crippen LogP) is 0.361. The van der Waals surface area contributed by atoms with E-state index in [1.165, 1.54) is 18.7 Å². The molecule has 1 aromatic rings. The van der Waals surface area contributed by atoms with Crippen LogP contribution < -0.4 is 0 Å². The fourth-order valence-electron chi connectivity index (χ4n) is 1.08. The zero-order chi connectivity index (χ0) is 8.55. The number of hydrogen-bond acceptors (Lipinski definition) is 4. The van der Waals surface area contributed by atoms with Crippen LogP contribution in [0.4, 0.5) is 5.82 Å². The molecule has 5 nitrogen and oxygen atoms in total. The summed E-state index contributed by atoms with van der Waals surface area (Å²) in [5.41, 5.74) is 0.560.